The molecular formula is C26H36N4O6. The smallest absolute Gasteiger partial charge is 0.313 e. The molecule has 3 amide bonds. The van der Waals surface area contributed by atoms with E-state index in [4.69, 9.17) is 14.4 Å². The second kappa shape index (κ2) is 19.2. The van der Waals surface area contributed by atoms with Gasteiger partial charge in [-0.05, 0) is 38.8 Å². The molecule has 0 saturated carbocycles. The van der Waals surface area contributed by atoms with Crippen molar-refractivity contribution in [3.8, 4) is 0 Å². The predicted molar refractivity (Wildman–Crippen MR) is 138 cm³/mol. The molecule has 0 fully saturated rings. The van der Waals surface area contributed by atoms with Gasteiger partial charge in [0.05, 0.1) is 18.9 Å². The van der Waals surface area contributed by atoms with Gasteiger partial charge in [-0.3, -0.25) is 19.6 Å². The number of carbonyl (C=O) groups is 3. The Labute approximate surface area is 212 Å². The molecule has 10 heteroatoms. The summed E-state index contributed by atoms with van der Waals surface area (Å²) in [5.41, 5.74) is 3.65. The Morgan fingerprint density at radius 3 is 2.39 bits per heavy atom. The Hall–Kier alpha value is -4.18. The van der Waals surface area contributed by atoms with Crippen molar-refractivity contribution in [3.05, 3.63) is 84.0 Å². The van der Waals surface area contributed by atoms with E-state index in [2.05, 4.69) is 15.6 Å². The van der Waals surface area contributed by atoms with Gasteiger partial charge in [-0.25, -0.2) is 10.5 Å². The molecule has 1 aliphatic rings. The minimum absolute atomic E-state index is 0.391. The lowest BCUT2D eigenvalue weighted by Crippen LogP contribution is -2.39. The molecule has 1 aliphatic carbocycles. The maximum atomic E-state index is 11.7. The average Bonchev–Trinajstić information content (AvgIpc) is 3.36. The van der Waals surface area contributed by atoms with Crippen LogP contribution in [0, 0.1) is 0 Å². The third-order valence-electron chi connectivity index (χ3n) is 4.16. The summed E-state index contributed by atoms with van der Waals surface area (Å²) >= 11 is 0. The molecule has 0 aliphatic heterocycles. The van der Waals surface area contributed by atoms with Gasteiger partial charge in [0.2, 0.25) is 0 Å². The summed E-state index contributed by atoms with van der Waals surface area (Å²) in [5.74, 6) is -0.847. The zero-order chi connectivity index (χ0) is 27.3. The van der Waals surface area contributed by atoms with E-state index in [9.17, 15) is 14.4 Å². The number of nitrogens with one attached hydrogen (secondary N) is 3. The molecule has 0 atom stereocenters. The van der Waals surface area contributed by atoms with Crippen LogP contribution in [0.2, 0.25) is 0 Å². The lowest BCUT2D eigenvalue weighted by atomic mass is 10.1. The first-order valence-electron chi connectivity index (χ1n) is 11.5. The summed E-state index contributed by atoms with van der Waals surface area (Å²) in [6, 6.07) is 0. The molecule has 2 rings (SSSR count). The van der Waals surface area contributed by atoms with Crippen LogP contribution in [0.15, 0.2) is 82.6 Å². The van der Waals surface area contributed by atoms with Gasteiger partial charge in [0.15, 0.2) is 12.2 Å². The third-order valence-corrected chi connectivity index (χ3v) is 4.16. The average molecular weight is 501 g/mol. The second-order valence-corrected chi connectivity index (χ2v) is 6.50. The molecule has 0 bridgehead atoms. The zero-order valence-corrected chi connectivity index (χ0v) is 21.6. The molecule has 0 aromatic carbocycles. The van der Waals surface area contributed by atoms with Crippen LogP contribution in [0.5, 0.6) is 0 Å². The molecule has 0 unspecified atom stereocenters. The number of nitrogens with zero attached hydrogens (tertiary/aromatic N) is 1. The van der Waals surface area contributed by atoms with Crippen molar-refractivity contribution in [2.45, 2.75) is 41.0 Å². The molecule has 0 radical (unpaired) electrons. The van der Waals surface area contributed by atoms with Crippen LogP contribution in [0.3, 0.4) is 0 Å². The highest BCUT2D eigenvalue weighted by Crippen LogP contribution is 2.27. The number of rotatable bonds is 7. The molecule has 196 valence electrons. The Morgan fingerprint density at radius 2 is 1.86 bits per heavy atom. The van der Waals surface area contributed by atoms with Crippen molar-refractivity contribution in [2.75, 3.05) is 13.7 Å². The number of hydrogen-bond acceptors (Lipinski definition) is 7. The number of likely N-dealkylation sites (N-methyl/N-ethyl adjacent to an activating group) is 1. The van der Waals surface area contributed by atoms with Gasteiger partial charge in [-0.1, -0.05) is 44.2 Å². The minimum atomic E-state index is -0.720. The Kier molecular flexibility index (Phi) is 16.9. The number of amides is 3. The molecule has 4 N–H and O–H groups in total. The van der Waals surface area contributed by atoms with Crippen LogP contribution in [-0.4, -0.2) is 41.6 Å². The summed E-state index contributed by atoms with van der Waals surface area (Å²) in [4.78, 5) is 37.6. The highest BCUT2D eigenvalue weighted by molar-refractivity contribution is 6.35. The van der Waals surface area contributed by atoms with E-state index >= 15 is 0 Å². The molecule has 0 spiro atoms. The Balaban J connectivity index is 0.000000746. The standard InChI is InChI=1S/C15H17N3O4.C9H13NO2.C2H6/c1-3-17-14(19)15(20)18-10-5-4-6-11(12(7-10)21-2)13-8-16-9-22-13;1-3-5-8(4-2)6-7-9(11)10-12;1-2/h5-9H,3-4H2,1-2H3,(H,17,19)(H,18,20);3-7,12H,1-2H3,(H,10,11);1-2H3/b;5-3-,7-6+,8-4+;. The van der Waals surface area contributed by atoms with Crippen LogP contribution in [-0.2, 0) is 19.1 Å². The van der Waals surface area contributed by atoms with E-state index in [1.807, 2.05) is 52.0 Å². The number of ether oxygens (including phenoxy) is 1. The fraction of sp³-hybridized carbons (Fsp3) is 0.308. The van der Waals surface area contributed by atoms with Gasteiger partial charge in [0, 0.05) is 24.4 Å². The topological polar surface area (TPSA) is 143 Å². The zero-order valence-electron chi connectivity index (χ0n) is 21.6. The van der Waals surface area contributed by atoms with Crippen molar-refractivity contribution >= 4 is 23.3 Å². The lowest BCUT2D eigenvalue weighted by molar-refractivity contribution is -0.138. The first-order valence-corrected chi connectivity index (χ1v) is 11.5. The number of hydroxylamine groups is 1. The second-order valence-electron chi connectivity index (χ2n) is 6.50. The van der Waals surface area contributed by atoms with Gasteiger partial charge in [-0.2, -0.15) is 0 Å². The molecule has 10 nitrogen and oxygen atoms in total. The maximum Gasteiger partial charge on any atom is 0.313 e. The first kappa shape index (κ1) is 31.8. The van der Waals surface area contributed by atoms with Crippen LogP contribution >= 0.6 is 0 Å². The molecule has 1 aromatic rings. The van der Waals surface area contributed by atoms with Crippen molar-refractivity contribution in [1.29, 1.82) is 0 Å². The SMILES string of the molecule is CC.CCNC(=O)C(=O)NC1=CCC=C(c2cnco2)C(OC)=C1.C\C=C/C(/C=C/C(=O)NO)=C\C. The number of aromatic nitrogens is 1. The summed E-state index contributed by atoms with van der Waals surface area (Å²) < 4.78 is 10.6. The normalized spacial score (nSPS) is 13.1. The maximum absolute atomic E-state index is 11.7. The quantitative estimate of drug-likeness (QED) is 0.147. The summed E-state index contributed by atoms with van der Waals surface area (Å²) in [6.45, 7) is 9.90. The van der Waals surface area contributed by atoms with Gasteiger partial charge in [0.1, 0.15) is 5.76 Å². The number of methoxy groups -OCH3 is 1. The van der Waals surface area contributed by atoms with Crippen molar-refractivity contribution in [1.82, 2.24) is 21.1 Å². The number of oxazole rings is 1. The number of allylic oxidation sites excluding steroid dienone is 9. The van der Waals surface area contributed by atoms with Crippen LogP contribution in [0.25, 0.3) is 5.57 Å². The summed E-state index contributed by atoms with van der Waals surface area (Å²) in [6.07, 6.45) is 17.2. The molecule has 36 heavy (non-hydrogen) atoms. The Morgan fingerprint density at radius 1 is 1.14 bits per heavy atom. The van der Waals surface area contributed by atoms with E-state index in [0.717, 1.165) is 11.1 Å². The fourth-order valence-electron chi connectivity index (χ4n) is 2.59. The van der Waals surface area contributed by atoms with E-state index in [1.165, 1.54) is 25.1 Å². The fourth-order valence-corrected chi connectivity index (χ4v) is 2.59. The third kappa shape index (κ3) is 11.8. The van der Waals surface area contributed by atoms with Crippen LogP contribution in [0.1, 0.15) is 46.8 Å². The predicted octanol–water partition coefficient (Wildman–Crippen LogP) is 3.72. The molecule has 1 heterocycles. The highest BCUT2D eigenvalue weighted by atomic mass is 16.5. The van der Waals surface area contributed by atoms with E-state index in [-0.39, 0.29) is 0 Å². The van der Waals surface area contributed by atoms with E-state index < -0.39 is 17.7 Å². The molecule has 1 aromatic heterocycles. The highest BCUT2D eigenvalue weighted by Gasteiger charge is 2.17. The van der Waals surface area contributed by atoms with Gasteiger partial charge in [-0.15, -0.1) is 0 Å². The van der Waals surface area contributed by atoms with Crippen molar-refractivity contribution in [3.63, 3.8) is 0 Å². The minimum Gasteiger partial charge on any atom is -0.496 e. The number of hydrogen-bond donors (Lipinski definition) is 4. The van der Waals surface area contributed by atoms with Crippen molar-refractivity contribution < 1.29 is 28.7 Å². The lowest BCUT2D eigenvalue weighted by Gasteiger charge is -2.09. The van der Waals surface area contributed by atoms with Crippen molar-refractivity contribution in [2.24, 2.45) is 0 Å². The van der Waals surface area contributed by atoms with Crippen LogP contribution in [0.4, 0.5) is 0 Å². The van der Waals surface area contributed by atoms with E-state index in [1.54, 1.807) is 31.3 Å². The van der Waals surface area contributed by atoms with Gasteiger partial charge in [0.25, 0.3) is 5.91 Å². The molecule has 0 saturated heterocycles. The van der Waals surface area contributed by atoms with Gasteiger partial charge >= 0.3 is 11.8 Å². The molecular weight excluding hydrogens is 464 g/mol. The monoisotopic (exact) mass is 500 g/mol. The largest absolute Gasteiger partial charge is 0.496 e. The van der Waals surface area contributed by atoms with E-state index in [0.29, 0.717) is 30.2 Å². The summed E-state index contributed by atoms with van der Waals surface area (Å²) in [5, 5.41) is 13.2. The van der Waals surface area contributed by atoms with Gasteiger partial charge < -0.3 is 19.8 Å². The van der Waals surface area contributed by atoms with Crippen LogP contribution < -0.4 is 16.1 Å². The first-order chi connectivity index (χ1) is 17.4. The summed E-state index contributed by atoms with van der Waals surface area (Å²) in [7, 11) is 1.52. The number of carbonyl (C=O) groups excluding carboxylic acids is 3. The Bertz CT molecular complexity index is 1020.